The molecule has 2 unspecified atom stereocenters. The Kier molecular flexibility index (Phi) is 3.77. The van der Waals surface area contributed by atoms with E-state index in [-0.39, 0.29) is 0 Å². The molecule has 0 heteroatoms. The highest BCUT2D eigenvalue weighted by Crippen LogP contribution is 2.23. The minimum Gasteiger partial charge on any atom is -0.106 e. The third kappa shape index (κ3) is 2.64. The van der Waals surface area contributed by atoms with E-state index in [0.717, 1.165) is 0 Å². The summed E-state index contributed by atoms with van der Waals surface area (Å²) in [7, 11) is 0. The molecule has 74 valence electrons. The number of hydrogen-bond acceptors (Lipinski definition) is 0. The molecular formula is C14H18. The Balaban J connectivity index is 2.82. The van der Waals surface area contributed by atoms with Crippen molar-refractivity contribution in [1.82, 2.24) is 0 Å². The summed E-state index contributed by atoms with van der Waals surface area (Å²) in [5.41, 5.74) is 2.70. The van der Waals surface area contributed by atoms with Gasteiger partial charge in [0.2, 0.25) is 0 Å². The van der Waals surface area contributed by atoms with E-state index in [1.54, 1.807) is 0 Å². The molecule has 0 saturated heterocycles. The molecule has 14 heavy (non-hydrogen) atoms. The van der Waals surface area contributed by atoms with E-state index in [4.69, 9.17) is 0 Å². The first-order valence-electron chi connectivity index (χ1n) is 5.14. The van der Waals surface area contributed by atoms with Crippen molar-refractivity contribution in [2.45, 2.75) is 33.6 Å². The maximum Gasteiger partial charge on any atom is 0.0240 e. The van der Waals surface area contributed by atoms with E-state index in [1.807, 2.05) is 6.92 Å². The highest BCUT2D eigenvalue weighted by Gasteiger charge is 2.11. The van der Waals surface area contributed by atoms with Gasteiger partial charge in [-0.3, -0.25) is 0 Å². The summed E-state index contributed by atoms with van der Waals surface area (Å²) in [6.45, 7) is 8.43. The van der Waals surface area contributed by atoms with Crippen molar-refractivity contribution in [3.63, 3.8) is 0 Å². The first-order chi connectivity index (χ1) is 6.65. The van der Waals surface area contributed by atoms with Gasteiger partial charge in [0.15, 0.2) is 0 Å². The largest absolute Gasteiger partial charge is 0.106 e. The maximum absolute atomic E-state index is 3.21. The lowest BCUT2D eigenvalue weighted by Gasteiger charge is -2.15. The fourth-order valence-corrected chi connectivity index (χ4v) is 1.51. The molecule has 0 fully saturated rings. The lowest BCUT2D eigenvalue weighted by atomic mass is 9.89. The second-order valence-corrected chi connectivity index (χ2v) is 3.88. The molecule has 1 rings (SSSR count). The van der Waals surface area contributed by atoms with Crippen LogP contribution in [0.25, 0.3) is 0 Å². The topological polar surface area (TPSA) is 0 Å². The molecule has 1 aromatic rings. The van der Waals surface area contributed by atoms with Gasteiger partial charge in [0.1, 0.15) is 0 Å². The molecule has 0 aliphatic rings. The molecule has 0 aliphatic heterocycles. The Labute approximate surface area is 87.4 Å². The second-order valence-electron chi connectivity index (χ2n) is 3.88. The van der Waals surface area contributed by atoms with E-state index < -0.39 is 0 Å². The minimum atomic E-state index is 0.433. The van der Waals surface area contributed by atoms with E-state index in [2.05, 4.69) is 56.9 Å². The smallest absolute Gasteiger partial charge is 0.0240 e. The zero-order valence-electron chi connectivity index (χ0n) is 9.46. The molecule has 0 saturated carbocycles. The first-order valence-corrected chi connectivity index (χ1v) is 5.14. The van der Waals surface area contributed by atoms with Crippen LogP contribution in [0.1, 0.15) is 37.8 Å². The van der Waals surface area contributed by atoms with Crippen LogP contribution < -0.4 is 0 Å². The van der Waals surface area contributed by atoms with Gasteiger partial charge in [0, 0.05) is 5.92 Å². The van der Waals surface area contributed by atoms with Gasteiger partial charge in [-0.1, -0.05) is 49.6 Å². The first kappa shape index (κ1) is 10.9. The van der Waals surface area contributed by atoms with Gasteiger partial charge in [0.05, 0.1) is 0 Å². The van der Waals surface area contributed by atoms with Gasteiger partial charge >= 0.3 is 0 Å². The summed E-state index contributed by atoms with van der Waals surface area (Å²) in [5.74, 6) is 7.14. The SMILES string of the molecule is CC#CC(C)C(C)c1ccc(C)cc1. The highest BCUT2D eigenvalue weighted by molar-refractivity contribution is 5.26. The predicted octanol–water partition coefficient (Wildman–Crippen LogP) is 3.76. The van der Waals surface area contributed by atoms with Gasteiger partial charge in [-0.15, -0.1) is 5.92 Å². The summed E-state index contributed by atoms with van der Waals surface area (Å²) < 4.78 is 0. The van der Waals surface area contributed by atoms with Crippen molar-refractivity contribution in [3.8, 4) is 11.8 Å². The number of aryl methyl sites for hydroxylation is 1. The van der Waals surface area contributed by atoms with Crippen LogP contribution in [0.15, 0.2) is 24.3 Å². The second kappa shape index (κ2) is 4.86. The Bertz CT molecular complexity index is 335. The third-order valence-electron chi connectivity index (χ3n) is 2.73. The van der Waals surface area contributed by atoms with E-state index in [1.165, 1.54) is 11.1 Å². The summed E-state index contributed by atoms with van der Waals surface area (Å²) >= 11 is 0. The lowest BCUT2D eigenvalue weighted by Crippen LogP contribution is -2.03. The molecule has 0 aromatic heterocycles. The highest BCUT2D eigenvalue weighted by atomic mass is 14.1. The van der Waals surface area contributed by atoms with Crippen molar-refractivity contribution in [1.29, 1.82) is 0 Å². The van der Waals surface area contributed by atoms with Gasteiger partial charge in [-0.05, 0) is 25.3 Å². The maximum atomic E-state index is 3.21. The van der Waals surface area contributed by atoms with E-state index in [0.29, 0.717) is 11.8 Å². The molecular weight excluding hydrogens is 168 g/mol. The van der Waals surface area contributed by atoms with Crippen LogP contribution in [-0.2, 0) is 0 Å². The number of hydrogen-bond donors (Lipinski definition) is 0. The van der Waals surface area contributed by atoms with E-state index >= 15 is 0 Å². The monoisotopic (exact) mass is 186 g/mol. The molecule has 0 amide bonds. The van der Waals surface area contributed by atoms with Gasteiger partial charge < -0.3 is 0 Å². The number of benzene rings is 1. The minimum absolute atomic E-state index is 0.433. The van der Waals surface area contributed by atoms with Gasteiger partial charge in [-0.25, -0.2) is 0 Å². The van der Waals surface area contributed by atoms with Crippen molar-refractivity contribution < 1.29 is 0 Å². The van der Waals surface area contributed by atoms with Crippen LogP contribution >= 0.6 is 0 Å². The van der Waals surface area contributed by atoms with Gasteiger partial charge in [-0.2, -0.15) is 0 Å². The summed E-state index contributed by atoms with van der Waals surface area (Å²) in [4.78, 5) is 0. The molecule has 0 aliphatic carbocycles. The number of rotatable bonds is 2. The van der Waals surface area contributed by atoms with Crippen LogP contribution in [-0.4, -0.2) is 0 Å². The van der Waals surface area contributed by atoms with Crippen molar-refractivity contribution in [2.75, 3.05) is 0 Å². The fraction of sp³-hybridized carbons (Fsp3) is 0.429. The van der Waals surface area contributed by atoms with Crippen molar-refractivity contribution in [3.05, 3.63) is 35.4 Å². The molecule has 2 atom stereocenters. The molecule has 0 spiro atoms. The zero-order chi connectivity index (χ0) is 10.6. The fourth-order valence-electron chi connectivity index (χ4n) is 1.51. The lowest BCUT2D eigenvalue weighted by molar-refractivity contribution is 0.610. The normalized spacial score (nSPS) is 14.0. The Morgan fingerprint density at radius 1 is 1.07 bits per heavy atom. The standard InChI is InChI=1S/C14H18/c1-5-6-12(3)13(4)14-9-7-11(2)8-10-14/h7-10,12-13H,1-4H3. The van der Waals surface area contributed by atoms with Crippen LogP contribution in [0.5, 0.6) is 0 Å². The van der Waals surface area contributed by atoms with E-state index in [9.17, 15) is 0 Å². The van der Waals surface area contributed by atoms with Crippen LogP contribution in [0.4, 0.5) is 0 Å². The zero-order valence-corrected chi connectivity index (χ0v) is 9.46. The molecule has 0 bridgehead atoms. The quantitative estimate of drug-likeness (QED) is 0.617. The molecule has 0 radical (unpaired) electrons. The summed E-state index contributed by atoms with van der Waals surface area (Å²) in [6, 6.07) is 8.73. The molecule has 0 N–H and O–H groups in total. The van der Waals surface area contributed by atoms with Crippen molar-refractivity contribution >= 4 is 0 Å². The van der Waals surface area contributed by atoms with Crippen LogP contribution in [0, 0.1) is 24.7 Å². The Hall–Kier alpha value is -1.22. The Morgan fingerprint density at radius 3 is 2.14 bits per heavy atom. The molecule has 1 aromatic carbocycles. The third-order valence-corrected chi connectivity index (χ3v) is 2.73. The van der Waals surface area contributed by atoms with Gasteiger partial charge in [0.25, 0.3) is 0 Å². The van der Waals surface area contributed by atoms with Crippen LogP contribution in [0.2, 0.25) is 0 Å². The summed E-state index contributed by atoms with van der Waals surface area (Å²) in [5, 5.41) is 0. The summed E-state index contributed by atoms with van der Waals surface area (Å²) in [6.07, 6.45) is 0. The average molecular weight is 186 g/mol. The molecule has 0 nitrogen and oxygen atoms in total. The van der Waals surface area contributed by atoms with Crippen molar-refractivity contribution in [2.24, 2.45) is 5.92 Å². The Morgan fingerprint density at radius 2 is 1.64 bits per heavy atom. The molecule has 0 heterocycles. The van der Waals surface area contributed by atoms with Crippen LogP contribution in [0.3, 0.4) is 0 Å². The average Bonchev–Trinajstić information content (AvgIpc) is 2.18. The predicted molar refractivity (Wildman–Crippen MR) is 62.2 cm³/mol.